The highest BCUT2D eigenvalue weighted by Crippen LogP contribution is 2.41. The maximum Gasteiger partial charge on any atom is 0.227 e. The summed E-state index contributed by atoms with van der Waals surface area (Å²) in [5, 5.41) is 9.15. The molecule has 39 heavy (non-hydrogen) atoms. The molecule has 0 saturated carbocycles. The fourth-order valence-corrected chi connectivity index (χ4v) is 5.04. The minimum atomic E-state index is 0.0294. The lowest BCUT2D eigenvalue weighted by molar-refractivity contribution is -0.123. The number of amides is 1. The second-order valence-electron chi connectivity index (χ2n) is 11.1. The molecule has 0 fully saturated rings. The SMILES string of the molecule is CC(C)C(=O)CCCCC(=O)N1Cc2ccccc2-c2nnn(CCCCC(=O)C(C)C)c2-c2ccccc21. The minimum Gasteiger partial charge on any atom is -0.307 e. The number of aromatic nitrogens is 3. The monoisotopic (exact) mass is 528 g/mol. The van der Waals surface area contributed by atoms with Crippen LogP contribution in [-0.2, 0) is 27.5 Å². The van der Waals surface area contributed by atoms with Crippen LogP contribution in [0.2, 0.25) is 0 Å². The molecule has 2 heterocycles. The Morgan fingerprint density at radius 2 is 1.36 bits per heavy atom. The number of aryl methyl sites for hydroxylation is 1. The van der Waals surface area contributed by atoms with E-state index in [2.05, 4.69) is 10.3 Å². The lowest BCUT2D eigenvalue weighted by atomic mass is 9.95. The van der Waals surface area contributed by atoms with E-state index in [0.29, 0.717) is 38.8 Å². The molecule has 7 heteroatoms. The molecule has 2 aromatic carbocycles. The van der Waals surface area contributed by atoms with Crippen LogP contribution in [0.1, 0.15) is 78.2 Å². The van der Waals surface area contributed by atoms with E-state index >= 15 is 0 Å². The number of carbonyl (C=O) groups is 3. The van der Waals surface area contributed by atoms with Gasteiger partial charge in [-0.15, -0.1) is 5.10 Å². The molecule has 0 bridgehead atoms. The van der Waals surface area contributed by atoms with Crippen molar-refractivity contribution in [3.05, 3.63) is 54.1 Å². The summed E-state index contributed by atoms with van der Waals surface area (Å²) in [7, 11) is 0. The van der Waals surface area contributed by atoms with Gasteiger partial charge in [0.15, 0.2) is 0 Å². The number of nitrogens with zero attached hydrogens (tertiary/aromatic N) is 4. The van der Waals surface area contributed by atoms with Crippen molar-refractivity contribution >= 4 is 23.2 Å². The average Bonchev–Trinajstić information content (AvgIpc) is 3.33. The highest BCUT2D eigenvalue weighted by atomic mass is 16.2. The zero-order chi connectivity index (χ0) is 27.9. The van der Waals surface area contributed by atoms with Gasteiger partial charge >= 0.3 is 0 Å². The molecule has 1 amide bonds. The number of hydrogen-bond donors (Lipinski definition) is 0. The summed E-state index contributed by atoms with van der Waals surface area (Å²) in [6, 6.07) is 16.0. The van der Waals surface area contributed by atoms with Crippen LogP contribution in [0, 0.1) is 11.8 Å². The van der Waals surface area contributed by atoms with Crippen molar-refractivity contribution in [1.82, 2.24) is 15.0 Å². The predicted octanol–water partition coefficient (Wildman–Crippen LogP) is 6.64. The van der Waals surface area contributed by atoms with E-state index in [4.69, 9.17) is 0 Å². The van der Waals surface area contributed by atoms with Crippen LogP contribution in [0.4, 0.5) is 5.69 Å². The van der Waals surface area contributed by atoms with Gasteiger partial charge < -0.3 is 4.90 Å². The van der Waals surface area contributed by atoms with E-state index in [9.17, 15) is 14.4 Å². The Hall–Kier alpha value is -3.61. The van der Waals surface area contributed by atoms with Gasteiger partial charge in [-0.1, -0.05) is 75.4 Å². The van der Waals surface area contributed by atoms with Crippen LogP contribution >= 0.6 is 0 Å². The van der Waals surface area contributed by atoms with Crippen molar-refractivity contribution < 1.29 is 14.4 Å². The topological polar surface area (TPSA) is 85.2 Å². The number of carbonyl (C=O) groups excluding carboxylic acids is 3. The summed E-state index contributed by atoms with van der Waals surface area (Å²) < 4.78 is 1.93. The Morgan fingerprint density at radius 3 is 2.05 bits per heavy atom. The molecule has 0 saturated heterocycles. The van der Waals surface area contributed by atoms with Crippen LogP contribution in [-0.4, -0.2) is 32.5 Å². The van der Waals surface area contributed by atoms with E-state index in [0.717, 1.165) is 53.0 Å². The Labute approximate surface area is 231 Å². The first kappa shape index (κ1) is 28.4. The predicted molar refractivity (Wildman–Crippen MR) is 154 cm³/mol. The number of ketones is 2. The highest BCUT2D eigenvalue weighted by molar-refractivity contribution is 6.00. The van der Waals surface area contributed by atoms with Crippen LogP contribution < -0.4 is 4.90 Å². The molecule has 0 radical (unpaired) electrons. The summed E-state index contributed by atoms with van der Waals surface area (Å²) in [6.45, 7) is 8.80. The van der Waals surface area contributed by atoms with Gasteiger partial charge in [0, 0.05) is 48.8 Å². The maximum atomic E-state index is 13.7. The van der Waals surface area contributed by atoms with Crippen molar-refractivity contribution in [2.24, 2.45) is 11.8 Å². The molecule has 0 aliphatic carbocycles. The van der Waals surface area contributed by atoms with Gasteiger partial charge in [-0.25, -0.2) is 4.68 Å². The van der Waals surface area contributed by atoms with Crippen LogP contribution in [0.15, 0.2) is 48.5 Å². The van der Waals surface area contributed by atoms with E-state index in [1.54, 1.807) is 0 Å². The third kappa shape index (κ3) is 6.70. The van der Waals surface area contributed by atoms with Crippen molar-refractivity contribution in [3.8, 4) is 22.5 Å². The second-order valence-corrected chi connectivity index (χ2v) is 11.1. The van der Waals surface area contributed by atoms with Crippen molar-refractivity contribution in [2.45, 2.75) is 85.7 Å². The number of Topliss-reactive ketones (excluding diaryl/α,β-unsaturated/α-hetero) is 2. The summed E-state index contributed by atoms with van der Waals surface area (Å²) in [5.74, 6) is 0.658. The number of unbranched alkanes of at least 4 members (excludes halogenated alkanes) is 2. The molecule has 1 aromatic heterocycles. The summed E-state index contributed by atoms with van der Waals surface area (Å²) in [6.07, 6.45) is 4.48. The Kier molecular flexibility index (Phi) is 9.44. The molecular weight excluding hydrogens is 488 g/mol. The molecule has 3 aromatic rings. The average molecular weight is 529 g/mol. The van der Waals surface area contributed by atoms with Gasteiger partial charge in [0.25, 0.3) is 0 Å². The third-order valence-electron chi connectivity index (χ3n) is 7.48. The quantitative estimate of drug-likeness (QED) is 0.246. The largest absolute Gasteiger partial charge is 0.307 e. The molecule has 1 aliphatic rings. The number of benzene rings is 2. The maximum absolute atomic E-state index is 13.7. The molecule has 0 N–H and O–H groups in total. The first-order valence-corrected chi connectivity index (χ1v) is 14.2. The van der Waals surface area contributed by atoms with Crippen LogP contribution in [0.25, 0.3) is 22.5 Å². The van der Waals surface area contributed by atoms with Gasteiger partial charge in [0.1, 0.15) is 17.3 Å². The number of anilines is 1. The fourth-order valence-electron chi connectivity index (χ4n) is 5.04. The standard InChI is InChI=1S/C32H40N4O3/c1-22(2)28(37)17-9-10-19-30(39)35-21-24-13-5-6-14-25(24)31-32(26-15-7-8-16-27(26)35)36(34-33-31)20-12-11-18-29(38)23(3)4/h5-8,13-16,22-23H,9-12,17-21H2,1-4H3. The minimum absolute atomic E-state index is 0.0294. The second kappa shape index (κ2) is 13.0. The van der Waals surface area contributed by atoms with E-state index in [-0.39, 0.29) is 29.3 Å². The first-order valence-electron chi connectivity index (χ1n) is 14.2. The van der Waals surface area contributed by atoms with Gasteiger partial charge in [0.2, 0.25) is 5.91 Å². The van der Waals surface area contributed by atoms with Gasteiger partial charge in [0.05, 0.1) is 17.9 Å². The highest BCUT2D eigenvalue weighted by Gasteiger charge is 2.28. The van der Waals surface area contributed by atoms with Crippen molar-refractivity contribution in [2.75, 3.05) is 4.90 Å². The summed E-state index contributed by atoms with van der Waals surface area (Å²) >= 11 is 0. The third-order valence-corrected chi connectivity index (χ3v) is 7.48. The van der Waals surface area contributed by atoms with Gasteiger partial charge in [-0.05, 0) is 37.3 Å². The number of fused-ring (bicyclic) bond motifs is 5. The van der Waals surface area contributed by atoms with Crippen LogP contribution in [0.5, 0.6) is 0 Å². The summed E-state index contributed by atoms with van der Waals surface area (Å²) in [5.41, 5.74) is 5.47. The number of para-hydroxylation sites is 1. The number of rotatable bonds is 12. The first-order chi connectivity index (χ1) is 18.8. The van der Waals surface area contributed by atoms with Crippen molar-refractivity contribution in [3.63, 3.8) is 0 Å². The fraction of sp³-hybridized carbons (Fsp3) is 0.469. The molecule has 7 nitrogen and oxygen atoms in total. The molecule has 0 unspecified atom stereocenters. The number of hydrogen-bond acceptors (Lipinski definition) is 5. The Balaban J connectivity index is 1.63. The lowest BCUT2D eigenvalue weighted by Crippen LogP contribution is -2.31. The normalized spacial score (nSPS) is 12.5. The molecule has 0 spiro atoms. The van der Waals surface area contributed by atoms with E-state index in [1.807, 2.05) is 85.8 Å². The van der Waals surface area contributed by atoms with Gasteiger partial charge in [-0.3, -0.25) is 14.4 Å². The van der Waals surface area contributed by atoms with Crippen molar-refractivity contribution in [1.29, 1.82) is 0 Å². The van der Waals surface area contributed by atoms with Gasteiger partial charge in [-0.2, -0.15) is 0 Å². The molecular formula is C32H40N4O3. The van der Waals surface area contributed by atoms with Crippen LogP contribution in [0.3, 0.4) is 0 Å². The molecule has 0 atom stereocenters. The van der Waals surface area contributed by atoms with E-state index < -0.39 is 0 Å². The Morgan fingerprint density at radius 1 is 0.769 bits per heavy atom. The zero-order valence-electron chi connectivity index (χ0n) is 23.7. The summed E-state index contributed by atoms with van der Waals surface area (Å²) in [4.78, 5) is 39.6. The zero-order valence-corrected chi connectivity index (χ0v) is 23.7. The smallest absolute Gasteiger partial charge is 0.227 e. The van der Waals surface area contributed by atoms with E-state index in [1.165, 1.54) is 0 Å². The molecule has 206 valence electrons. The molecule has 4 rings (SSSR count). The lowest BCUT2D eigenvalue weighted by Gasteiger charge is -2.29. The molecule has 1 aliphatic heterocycles. The Bertz CT molecular complexity index is 1320.